The van der Waals surface area contributed by atoms with E-state index in [1.807, 2.05) is 53.1 Å². The number of hydrogen-bond acceptors (Lipinski definition) is 4. The molecule has 0 radical (unpaired) electrons. The normalized spacial score (nSPS) is 11.2. The molecule has 28 heavy (non-hydrogen) atoms. The summed E-state index contributed by atoms with van der Waals surface area (Å²) in [5.41, 5.74) is 4.22. The number of hydrogen-bond donors (Lipinski definition) is 0. The Bertz CT molecular complexity index is 1310. The highest BCUT2D eigenvalue weighted by atomic mass is 19.1. The average molecular weight is 370 g/mol. The van der Waals surface area contributed by atoms with Gasteiger partial charge in [-0.2, -0.15) is 0 Å². The first-order valence-corrected chi connectivity index (χ1v) is 8.79. The van der Waals surface area contributed by atoms with Crippen LogP contribution in [0, 0.1) is 5.82 Å². The molecule has 2 heterocycles. The number of fused-ring (bicyclic) bond motifs is 2. The van der Waals surface area contributed by atoms with Gasteiger partial charge in [-0.25, -0.2) is 19.3 Å². The van der Waals surface area contributed by atoms with Crippen molar-refractivity contribution in [2.24, 2.45) is 0 Å². The van der Waals surface area contributed by atoms with E-state index in [1.165, 1.54) is 12.1 Å². The number of para-hydroxylation sites is 4. The smallest absolute Gasteiger partial charge is 0.199 e. The van der Waals surface area contributed by atoms with Crippen molar-refractivity contribution in [3.63, 3.8) is 0 Å². The largest absolute Gasteiger partial charge is 0.495 e. The summed E-state index contributed by atoms with van der Waals surface area (Å²) >= 11 is 0. The highest BCUT2D eigenvalue weighted by molar-refractivity contribution is 5.86. The van der Waals surface area contributed by atoms with Crippen LogP contribution in [0.2, 0.25) is 0 Å². The first kappa shape index (κ1) is 16.4. The van der Waals surface area contributed by atoms with Crippen molar-refractivity contribution in [2.45, 2.75) is 0 Å². The summed E-state index contributed by atoms with van der Waals surface area (Å²) in [7, 11) is 1.62. The molecular weight excluding hydrogens is 355 g/mol. The molecule has 6 heteroatoms. The topological polar surface area (TPSA) is 52.8 Å². The molecule has 5 aromatic rings. The van der Waals surface area contributed by atoms with E-state index < -0.39 is 0 Å². The fourth-order valence-corrected chi connectivity index (χ4v) is 3.29. The van der Waals surface area contributed by atoms with Crippen molar-refractivity contribution in [1.82, 2.24) is 19.5 Å². The number of nitrogens with zero attached hydrogens (tertiary/aromatic N) is 4. The van der Waals surface area contributed by atoms with Gasteiger partial charge in [-0.3, -0.25) is 4.57 Å². The molecule has 5 rings (SSSR count). The van der Waals surface area contributed by atoms with E-state index in [-0.39, 0.29) is 5.82 Å². The summed E-state index contributed by atoms with van der Waals surface area (Å²) in [6.07, 6.45) is 0. The van der Waals surface area contributed by atoms with Crippen molar-refractivity contribution in [2.75, 3.05) is 7.11 Å². The fraction of sp³-hybridized carbons (Fsp3) is 0.0455. The van der Waals surface area contributed by atoms with Gasteiger partial charge in [0, 0.05) is 5.56 Å². The van der Waals surface area contributed by atoms with Gasteiger partial charge < -0.3 is 4.74 Å². The van der Waals surface area contributed by atoms with E-state index in [4.69, 9.17) is 14.7 Å². The molecule has 0 saturated heterocycles. The second kappa shape index (κ2) is 6.42. The van der Waals surface area contributed by atoms with Gasteiger partial charge in [0.15, 0.2) is 11.3 Å². The minimum Gasteiger partial charge on any atom is -0.495 e. The van der Waals surface area contributed by atoms with Crippen LogP contribution in [0.1, 0.15) is 0 Å². The Kier molecular flexibility index (Phi) is 3.76. The lowest BCUT2D eigenvalue weighted by molar-refractivity contribution is 0.413. The van der Waals surface area contributed by atoms with Crippen LogP contribution in [0.3, 0.4) is 0 Å². The van der Waals surface area contributed by atoms with Gasteiger partial charge in [-0.15, -0.1) is 0 Å². The lowest BCUT2D eigenvalue weighted by Crippen LogP contribution is -2.02. The molecule has 0 saturated carbocycles. The van der Waals surface area contributed by atoms with Crippen molar-refractivity contribution in [3.8, 4) is 22.8 Å². The second-order valence-corrected chi connectivity index (χ2v) is 6.31. The van der Waals surface area contributed by atoms with Crippen LogP contribution in [-0.4, -0.2) is 26.6 Å². The summed E-state index contributed by atoms with van der Waals surface area (Å²) in [6.45, 7) is 0. The van der Waals surface area contributed by atoms with Crippen molar-refractivity contribution >= 4 is 22.3 Å². The maximum atomic E-state index is 13.5. The Labute approximate surface area is 160 Å². The standard InChI is InChI=1S/C22H15FN4O/c1-28-19-9-5-4-8-18(19)27-21(14-10-12-15(23)13-11-14)26-20-22(27)25-17-7-3-2-6-16(17)24-20/h2-13H,1H3. The molecule has 136 valence electrons. The SMILES string of the molecule is COc1ccccc1-n1c(-c2ccc(F)cc2)nc2nc3ccccc3nc21. The molecule has 0 unspecified atom stereocenters. The quantitative estimate of drug-likeness (QED) is 0.458. The maximum absolute atomic E-state index is 13.5. The lowest BCUT2D eigenvalue weighted by atomic mass is 10.2. The van der Waals surface area contributed by atoms with Gasteiger partial charge in [-0.05, 0) is 48.5 Å². The summed E-state index contributed by atoms with van der Waals surface area (Å²) in [6, 6.07) is 21.5. The third kappa shape index (κ3) is 2.58. The third-order valence-electron chi connectivity index (χ3n) is 4.60. The van der Waals surface area contributed by atoms with Crippen LogP contribution in [0.25, 0.3) is 39.4 Å². The Hall–Kier alpha value is -3.80. The van der Waals surface area contributed by atoms with E-state index in [0.717, 1.165) is 22.3 Å². The molecule has 0 atom stereocenters. The van der Waals surface area contributed by atoms with Crippen LogP contribution < -0.4 is 4.74 Å². The maximum Gasteiger partial charge on any atom is 0.199 e. The zero-order valence-corrected chi connectivity index (χ0v) is 15.0. The van der Waals surface area contributed by atoms with Crippen molar-refractivity contribution in [3.05, 3.63) is 78.6 Å². The number of aromatic nitrogens is 4. The molecule has 2 aromatic heterocycles. The number of rotatable bonds is 3. The van der Waals surface area contributed by atoms with Gasteiger partial charge in [0.05, 0.1) is 23.8 Å². The monoisotopic (exact) mass is 370 g/mol. The van der Waals surface area contributed by atoms with Crippen LogP contribution in [0.5, 0.6) is 5.75 Å². The predicted molar refractivity (Wildman–Crippen MR) is 106 cm³/mol. The van der Waals surface area contributed by atoms with E-state index in [0.29, 0.717) is 22.9 Å². The Morgan fingerprint density at radius 3 is 2.21 bits per heavy atom. The molecule has 5 nitrogen and oxygen atoms in total. The van der Waals surface area contributed by atoms with E-state index in [9.17, 15) is 4.39 Å². The summed E-state index contributed by atoms with van der Waals surface area (Å²) in [5, 5.41) is 0. The van der Waals surface area contributed by atoms with Crippen molar-refractivity contribution < 1.29 is 9.13 Å². The molecule has 0 fully saturated rings. The highest BCUT2D eigenvalue weighted by Crippen LogP contribution is 2.32. The zero-order valence-electron chi connectivity index (χ0n) is 15.0. The van der Waals surface area contributed by atoms with E-state index in [2.05, 4.69) is 4.98 Å². The minimum absolute atomic E-state index is 0.300. The third-order valence-corrected chi connectivity index (χ3v) is 4.60. The van der Waals surface area contributed by atoms with Crippen LogP contribution >= 0.6 is 0 Å². The number of methoxy groups -OCH3 is 1. The van der Waals surface area contributed by atoms with Crippen LogP contribution in [-0.2, 0) is 0 Å². The zero-order chi connectivity index (χ0) is 19.1. The molecule has 3 aromatic carbocycles. The molecular formula is C22H15FN4O. The minimum atomic E-state index is -0.300. The Balaban J connectivity index is 1.89. The molecule has 0 amide bonds. The van der Waals surface area contributed by atoms with Gasteiger partial charge in [0.2, 0.25) is 0 Å². The Morgan fingerprint density at radius 2 is 1.46 bits per heavy atom. The van der Waals surface area contributed by atoms with Crippen LogP contribution in [0.15, 0.2) is 72.8 Å². The molecule has 0 aliphatic rings. The molecule has 0 N–H and O–H groups in total. The lowest BCUT2D eigenvalue weighted by Gasteiger charge is -2.12. The average Bonchev–Trinajstić information content (AvgIpc) is 3.10. The summed E-state index contributed by atoms with van der Waals surface area (Å²) in [5.74, 6) is 1.00. The molecule has 0 bridgehead atoms. The molecule has 0 spiro atoms. The predicted octanol–water partition coefficient (Wildman–Crippen LogP) is 4.78. The van der Waals surface area contributed by atoms with Crippen LogP contribution in [0.4, 0.5) is 4.39 Å². The first-order chi connectivity index (χ1) is 13.7. The molecule has 0 aliphatic carbocycles. The highest BCUT2D eigenvalue weighted by Gasteiger charge is 2.19. The van der Waals surface area contributed by atoms with Crippen molar-refractivity contribution in [1.29, 1.82) is 0 Å². The van der Waals surface area contributed by atoms with Gasteiger partial charge in [0.1, 0.15) is 17.4 Å². The number of halogens is 1. The van der Waals surface area contributed by atoms with Gasteiger partial charge in [0.25, 0.3) is 0 Å². The Morgan fingerprint density at radius 1 is 0.786 bits per heavy atom. The fourth-order valence-electron chi connectivity index (χ4n) is 3.29. The van der Waals surface area contributed by atoms with Gasteiger partial charge >= 0.3 is 0 Å². The van der Waals surface area contributed by atoms with E-state index in [1.54, 1.807) is 19.2 Å². The van der Waals surface area contributed by atoms with E-state index >= 15 is 0 Å². The molecule has 0 aliphatic heterocycles. The second-order valence-electron chi connectivity index (χ2n) is 6.31. The first-order valence-electron chi connectivity index (χ1n) is 8.79. The van der Waals surface area contributed by atoms with Gasteiger partial charge in [-0.1, -0.05) is 24.3 Å². The summed E-state index contributed by atoms with van der Waals surface area (Å²) < 4.78 is 20.9. The summed E-state index contributed by atoms with van der Waals surface area (Å²) in [4.78, 5) is 14.2. The number of ether oxygens (including phenoxy) is 1. The number of imidazole rings is 1. The number of benzene rings is 3.